The number of likely N-dealkylation sites (tertiary alicyclic amines) is 1. The Hall–Kier alpha value is -1.33. The molecule has 0 saturated carbocycles. The van der Waals surface area contributed by atoms with Crippen molar-refractivity contribution in [2.24, 2.45) is 0 Å². The standard InChI is InChI=1S/C15H14BrClN2O2/c16-10-4-6-11(7-5-10)19-14(20)12(17)13(15(19)21)18-8-2-1-3-9-18/h4-7H,1-3,8-9H2. The average molecular weight is 370 g/mol. The van der Waals surface area contributed by atoms with Gasteiger partial charge in [0, 0.05) is 17.6 Å². The van der Waals surface area contributed by atoms with Crippen molar-refractivity contribution in [3.63, 3.8) is 0 Å². The second-order valence-corrected chi connectivity index (χ2v) is 6.43. The lowest BCUT2D eigenvalue weighted by Gasteiger charge is -2.29. The zero-order chi connectivity index (χ0) is 15.0. The molecule has 2 heterocycles. The Balaban J connectivity index is 1.92. The maximum Gasteiger partial charge on any atom is 0.283 e. The van der Waals surface area contributed by atoms with Crippen LogP contribution in [-0.2, 0) is 9.59 Å². The van der Waals surface area contributed by atoms with Crippen LogP contribution in [0.1, 0.15) is 19.3 Å². The Morgan fingerprint density at radius 1 is 0.952 bits per heavy atom. The Morgan fingerprint density at radius 2 is 1.57 bits per heavy atom. The summed E-state index contributed by atoms with van der Waals surface area (Å²) in [6.45, 7) is 1.55. The highest BCUT2D eigenvalue weighted by Crippen LogP contribution is 2.32. The van der Waals surface area contributed by atoms with Gasteiger partial charge < -0.3 is 4.90 Å². The molecule has 0 aliphatic carbocycles. The molecule has 0 atom stereocenters. The number of carbonyl (C=O) groups excluding carboxylic acids is 2. The third-order valence-corrected chi connectivity index (χ3v) is 4.63. The van der Waals surface area contributed by atoms with Crippen molar-refractivity contribution in [1.29, 1.82) is 0 Å². The summed E-state index contributed by atoms with van der Waals surface area (Å²) in [5.74, 6) is -0.765. The minimum atomic E-state index is -0.440. The average Bonchev–Trinajstić information content (AvgIpc) is 2.72. The molecule has 3 rings (SSSR count). The van der Waals surface area contributed by atoms with Crippen LogP contribution in [-0.4, -0.2) is 29.8 Å². The van der Waals surface area contributed by atoms with Crippen molar-refractivity contribution in [2.45, 2.75) is 19.3 Å². The van der Waals surface area contributed by atoms with Gasteiger partial charge in [0.15, 0.2) is 0 Å². The van der Waals surface area contributed by atoms with Crippen molar-refractivity contribution in [1.82, 2.24) is 4.90 Å². The lowest BCUT2D eigenvalue weighted by Crippen LogP contribution is -2.37. The first-order chi connectivity index (χ1) is 10.1. The summed E-state index contributed by atoms with van der Waals surface area (Å²) in [5, 5.41) is 0.0322. The molecule has 4 nitrogen and oxygen atoms in total. The van der Waals surface area contributed by atoms with E-state index in [0.717, 1.165) is 41.7 Å². The largest absolute Gasteiger partial charge is 0.366 e. The maximum atomic E-state index is 12.6. The van der Waals surface area contributed by atoms with Crippen LogP contribution in [0.4, 0.5) is 5.69 Å². The summed E-state index contributed by atoms with van der Waals surface area (Å²) in [5.41, 5.74) is 0.891. The summed E-state index contributed by atoms with van der Waals surface area (Å²) in [6, 6.07) is 7.04. The molecule has 0 N–H and O–H groups in total. The van der Waals surface area contributed by atoms with E-state index >= 15 is 0 Å². The number of anilines is 1. The highest BCUT2D eigenvalue weighted by Gasteiger charge is 2.41. The normalized spacial score (nSPS) is 19.7. The summed E-state index contributed by atoms with van der Waals surface area (Å²) >= 11 is 9.49. The monoisotopic (exact) mass is 368 g/mol. The third-order valence-electron chi connectivity index (χ3n) is 3.76. The van der Waals surface area contributed by atoms with Crippen molar-refractivity contribution in [2.75, 3.05) is 18.0 Å². The van der Waals surface area contributed by atoms with Crippen molar-refractivity contribution < 1.29 is 9.59 Å². The van der Waals surface area contributed by atoms with Gasteiger partial charge in [-0.25, -0.2) is 4.90 Å². The minimum Gasteiger partial charge on any atom is -0.366 e. The fourth-order valence-corrected chi connectivity index (χ4v) is 3.26. The molecule has 0 unspecified atom stereocenters. The molecular weight excluding hydrogens is 356 g/mol. The van der Waals surface area contributed by atoms with E-state index in [1.165, 1.54) is 0 Å². The summed E-state index contributed by atoms with van der Waals surface area (Å²) < 4.78 is 0.889. The van der Waals surface area contributed by atoms with Crippen LogP contribution in [0, 0.1) is 0 Å². The summed E-state index contributed by atoms with van der Waals surface area (Å²) in [7, 11) is 0. The summed E-state index contributed by atoms with van der Waals surface area (Å²) in [4.78, 5) is 28.0. The van der Waals surface area contributed by atoms with Gasteiger partial charge in [-0.15, -0.1) is 0 Å². The molecule has 2 aliphatic heterocycles. The van der Waals surface area contributed by atoms with Crippen LogP contribution in [0.3, 0.4) is 0 Å². The molecule has 110 valence electrons. The number of carbonyl (C=O) groups is 2. The van der Waals surface area contributed by atoms with Gasteiger partial charge in [0.1, 0.15) is 10.7 Å². The van der Waals surface area contributed by atoms with Gasteiger partial charge >= 0.3 is 0 Å². The van der Waals surface area contributed by atoms with Gasteiger partial charge in [-0.1, -0.05) is 27.5 Å². The zero-order valence-corrected chi connectivity index (χ0v) is 13.7. The first kappa shape index (κ1) is 14.6. The van der Waals surface area contributed by atoms with Crippen LogP contribution in [0.5, 0.6) is 0 Å². The smallest absolute Gasteiger partial charge is 0.283 e. The van der Waals surface area contributed by atoms with E-state index in [9.17, 15) is 9.59 Å². The number of benzene rings is 1. The molecule has 1 aromatic rings. The lowest BCUT2D eigenvalue weighted by atomic mass is 10.1. The van der Waals surface area contributed by atoms with E-state index in [1.807, 2.05) is 4.90 Å². The molecule has 2 aliphatic rings. The van der Waals surface area contributed by atoms with Crippen LogP contribution in [0.15, 0.2) is 39.5 Å². The van der Waals surface area contributed by atoms with Gasteiger partial charge in [-0.05, 0) is 43.5 Å². The molecule has 1 saturated heterocycles. The fourth-order valence-electron chi connectivity index (χ4n) is 2.71. The zero-order valence-electron chi connectivity index (χ0n) is 11.3. The second-order valence-electron chi connectivity index (χ2n) is 5.13. The van der Waals surface area contributed by atoms with E-state index in [1.54, 1.807) is 24.3 Å². The van der Waals surface area contributed by atoms with Crippen molar-refractivity contribution in [3.8, 4) is 0 Å². The Labute approximate surface area is 136 Å². The number of halogens is 2. The first-order valence-electron chi connectivity index (χ1n) is 6.88. The Kier molecular flexibility index (Phi) is 4.04. The van der Waals surface area contributed by atoms with Gasteiger partial charge in [0.2, 0.25) is 0 Å². The minimum absolute atomic E-state index is 0.0322. The van der Waals surface area contributed by atoms with E-state index in [4.69, 9.17) is 11.6 Å². The van der Waals surface area contributed by atoms with Gasteiger partial charge in [0.05, 0.1) is 5.69 Å². The van der Waals surface area contributed by atoms with E-state index in [2.05, 4.69) is 15.9 Å². The molecular formula is C15H14BrClN2O2. The number of piperidine rings is 1. The van der Waals surface area contributed by atoms with Crippen molar-refractivity contribution in [3.05, 3.63) is 39.5 Å². The van der Waals surface area contributed by atoms with Gasteiger partial charge in [-0.3, -0.25) is 9.59 Å². The SMILES string of the molecule is O=C1C(Cl)=C(N2CCCCC2)C(=O)N1c1ccc(Br)cc1. The van der Waals surface area contributed by atoms with Crippen LogP contribution in [0.25, 0.3) is 0 Å². The number of amides is 2. The van der Waals surface area contributed by atoms with Crippen LogP contribution < -0.4 is 4.90 Å². The molecule has 21 heavy (non-hydrogen) atoms. The number of imide groups is 1. The molecule has 1 aromatic carbocycles. The Bertz CT molecular complexity index is 621. The molecule has 0 radical (unpaired) electrons. The first-order valence-corrected chi connectivity index (χ1v) is 8.06. The molecule has 0 aromatic heterocycles. The van der Waals surface area contributed by atoms with Crippen LogP contribution >= 0.6 is 27.5 Å². The highest BCUT2D eigenvalue weighted by molar-refractivity contribution is 9.10. The molecule has 6 heteroatoms. The predicted molar refractivity (Wildman–Crippen MR) is 84.9 cm³/mol. The fraction of sp³-hybridized carbons (Fsp3) is 0.333. The number of hydrogen-bond acceptors (Lipinski definition) is 3. The van der Waals surface area contributed by atoms with E-state index in [0.29, 0.717) is 11.4 Å². The number of nitrogens with zero attached hydrogens (tertiary/aromatic N) is 2. The molecule has 1 fully saturated rings. The highest BCUT2D eigenvalue weighted by atomic mass is 79.9. The van der Waals surface area contributed by atoms with Crippen molar-refractivity contribution >= 4 is 45.0 Å². The number of hydrogen-bond donors (Lipinski definition) is 0. The third kappa shape index (κ3) is 2.60. The van der Waals surface area contributed by atoms with E-state index in [-0.39, 0.29) is 10.9 Å². The summed E-state index contributed by atoms with van der Waals surface area (Å²) in [6.07, 6.45) is 3.20. The van der Waals surface area contributed by atoms with Gasteiger partial charge in [-0.2, -0.15) is 0 Å². The number of rotatable bonds is 2. The lowest BCUT2D eigenvalue weighted by molar-refractivity contribution is -0.121. The van der Waals surface area contributed by atoms with E-state index < -0.39 is 5.91 Å². The second kappa shape index (κ2) is 5.81. The Morgan fingerprint density at radius 3 is 2.19 bits per heavy atom. The quantitative estimate of drug-likeness (QED) is 0.751. The topological polar surface area (TPSA) is 40.6 Å². The molecule has 2 amide bonds. The molecule has 0 spiro atoms. The van der Waals surface area contributed by atoms with Gasteiger partial charge in [0.25, 0.3) is 11.8 Å². The predicted octanol–water partition coefficient (Wildman–Crippen LogP) is 3.26. The molecule has 0 bridgehead atoms. The van der Waals surface area contributed by atoms with Crippen LogP contribution in [0.2, 0.25) is 0 Å². The maximum absolute atomic E-state index is 12.6.